The molecule has 2 aromatic carbocycles. The molecule has 0 bridgehead atoms. The van der Waals surface area contributed by atoms with Crippen molar-refractivity contribution in [1.29, 1.82) is 0 Å². The fourth-order valence-electron chi connectivity index (χ4n) is 4.08. The number of methoxy groups -OCH3 is 1. The number of piperazine rings is 1. The number of para-hydroxylation sites is 1. The third kappa shape index (κ3) is 4.45. The molecule has 3 heterocycles. The van der Waals surface area contributed by atoms with E-state index < -0.39 is 0 Å². The Balaban J connectivity index is 1.21. The summed E-state index contributed by atoms with van der Waals surface area (Å²) in [4.78, 5) is 22.2. The van der Waals surface area contributed by atoms with E-state index in [0.29, 0.717) is 17.3 Å². The van der Waals surface area contributed by atoms with Crippen molar-refractivity contribution in [2.45, 2.75) is 6.54 Å². The summed E-state index contributed by atoms with van der Waals surface area (Å²) in [6.45, 7) is 5.02. The lowest BCUT2D eigenvalue weighted by molar-refractivity contribution is -0.113. The Morgan fingerprint density at radius 3 is 2.69 bits per heavy atom. The van der Waals surface area contributed by atoms with Gasteiger partial charge in [-0.05, 0) is 41.1 Å². The first-order valence-electron chi connectivity index (χ1n) is 10.7. The molecule has 1 saturated heterocycles. The second-order valence-electron chi connectivity index (χ2n) is 7.95. The third-order valence-corrected chi connectivity index (χ3v) is 6.82. The van der Waals surface area contributed by atoms with Crippen LogP contribution in [-0.2, 0) is 11.3 Å². The van der Waals surface area contributed by atoms with Gasteiger partial charge in [0.1, 0.15) is 6.61 Å². The second-order valence-corrected chi connectivity index (χ2v) is 8.95. The van der Waals surface area contributed by atoms with Crippen LogP contribution in [0.25, 0.3) is 6.08 Å². The number of carbonyl (C=O) groups excluding carboxylic acids is 1. The molecule has 0 spiro atoms. The molecule has 0 saturated carbocycles. The minimum absolute atomic E-state index is 0.172. The Morgan fingerprint density at radius 1 is 1.09 bits per heavy atom. The van der Waals surface area contributed by atoms with E-state index in [0.717, 1.165) is 54.8 Å². The highest BCUT2D eigenvalue weighted by Crippen LogP contribution is 2.37. The number of carbonyl (C=O) groups is 1. The lowest BCUT2D eigenvalue weighted by Gasteiger charge is -2.35. The van der Waals surface area contributed by atoms with E-state index >= 15 is 0 Å². The molecule has 0 radical (unpaired) electrons. The molecule has 32 heavy (non-hydrogen) atoms. The number of hydrogen-bond acceptors (Lipinski definition) is 6. The van der Waals surface area contributed by atoms with Gasteiger partial charge in [0.2, 0.25) is 0 Å². The molecule has 0 N–H and O–H groups in total. The molecule has 164 valence electrons. The normalized spacial score (nSPS) is 20.0. The zero-order valence-corrected chi connectivity index (χ0v) is 18.8. The van der Waals surface area contributed by atoms with Gasteiger partial charge in [-0.15, -0.1) is 0 Å². The van der Waals surface area contributed by atoms with Gasteiger partial charge in [-0.25, -0.2) is 0 Å². The van der Waals surface area contributed by atoms with Crippen LogP contribution < -0.4 is 9.47 Å². The number of hydrogen-bond donors (Lipinski definition) is 0. The molecule has 0 aromatic heterocycles. The molecular formula is C25H25N3O3S. The number of fused-ring (bicyclic) bond motifs is 1. The smallest absolute Gasteiger partial charge is 0.286 e. The average molecular weight is 448 g/mol. The van der Waals surface area contributed by atoms with Gasteiger partial charge in [0.05, 0.1) is 12.0 Å². The predicted octanol–water partition coefficient (Wildman–Crippen LogP) is 3.80. The van der Waals surface area contributed by atoms with E-state index in [1.807, 2.05) is 36.4 Å². The SMILES string of the molecule is COc1cccc2c1OCC(C=C1SC(N3CCN(Cc4ccccc4)CC3)=NC1=O)=C2. The third-order valence-electron chi connectivity index (χ3n) is 5.77. The standard InChI is InChI=1S/C25H25N3O3S/c1-30-21-9-5-8-20-14-19(17-31-23(20)21)15-22-24(29)26-25(32-22)28-12-10-27(11-13-28)16-18-6-3-2-4-7-18/h2-9,14-15H,10-13,16-17H2,1H3. The largest absolute Gasteiger partial charge is 0.493 e. The number of nitrogens with zero attached hydrogens (tertiary/aromatic N) is 3. The van der Waals surface area contributed by atoms with Crippen molar-refractivity contribution in [3.05, 3.63) is 76.2 Å². The molecule has 6 nitrogen and oxygen atoms in total. The molecule has 0 atom stereocenters. The minimum Gasteiger partial charge on any atom is -0.493 e. The number of rotatable bonds is 4. The molecular weight excluding hydrogens is 422 g/mol. The maximum atomic E-state index is 12.6. The van der Waals surface area contributed by atoms with Gasteiger partial charge in [0.15, 0.2) is 16.7 Å². The number of thioether (sulfide) groups is 1. The molecule has 7 heteroatoms. The highest BCUT2D eigenvalue weighted by Gasteiger charge is 2.29. The van der Waals surface area contributed by atoms with Crippen molar-refractivity contribution < 1.29 is 14.3 Å². The van der Waals surface area contributed by atoms with Crippen molar-refractivity contribution in [3.8, 4) is 11.5 Å². The lowest BCUT2D eigenvalue weighted by Crippen LogP contribution is -2.47. The van der Waals surface area contributed by atoms with Gasteiger partial charge in [-0.2, -0.15) is 4.99 Å². The molecule has 3 aliphatic heterocycles. The Labute approximate surface area is 192 Å². The van der Waals surface area contributed by atoms with Crippen molar-refractivity contribution in [1.82, 2.24) is 9.80 Å². The number of aliphatic imine (C=N–C) groups is 1. The Morgan fingerprint density at radius 2 is 1.91 bits per heavy atom. The van der Waals surface area contributed by atoms with E-state index in [-0.39, 0.29) is 5.91 Å². The van der Waals surface area contributed by atoms with Crippen LogP contribution in [0.4, 0.5) is 0 Å². The summed E-state index contributed by atoms with van der Waals surface area (Å²) in [5.74, 6) is 1.29. The molecule has 5 rings (SSSR count). The van der Waals surface area contributed by atoms with Crippen LogP contribution >= 0.6 is 11.8 Å². The van der Waals surface area contributed by atoms with Gasteiger partial charge < -0.3 is 14.4 Å². The van der Waals surface area contributed by atoms with E-state index in [2.05, 4.69) is 39.1 Å². The fourth-order valence-corrected chi connectivity index (χ4v) is 5.06. The topological polar surface area (TPSA) is 54.4 Å². The van der Waals surface area contributed by atoms with Crippen LogP contribution in [0.3, 0.4) is 0 Å². The highest BCUT2D eigenvalue weighted by molar-refractivity contribution is 8.18. The average Bonchev–Trinajstić information content (AvgIpc) is 3.19. The van der Waals surface area contributed by atoms with Gasteiger partial charge in [-0.1, -0.05) is 42.5 Å². The van der Waals surface area contributed by atoms with Crippen LogP contribution in [0, 0.1) is 0 Å². The fraction of sp³-hybridized carbons (Fsp3) is 0.280. The highest BCUT2D eigenvalue weighted by atomic mass is 32.2. The van der Waals surface area contributed by atoms with Crippen molar-refractivity contribution in [2.75, 3.05) is 39.9 Å². The zero-order valence-electron chi connectivity index (χ0n) is 18.0. The van der Waals surface area contributed by atoms with Gasteiger partial charge >= 0.3 is 0 Å². The van der Waals surface area contributed by atoms with Crippen molar-refractivity contribution >= 4 is 28.9 Å². The maximum Gasteiger partial charge on any atom is 0.286 e. The first-order chi connectivity index (χ1) is 15.7. The van der Waals surface area contributed by atoms with Crippen LogP contribution in [-0.4, -0.2) is 60.8 Å². The van der Waals surface area contributed by atoms with Crippen molar-refractivity contribution in [3.63, 3.8) is 0 Å². The zero-order chi connectivity index (χ0) is 21.9. The van der Waals surface area contributed by atoms with E-state index in [1.54, 1.807) is 7.11 Å². The number of benzene rings is 2. The van der Waals surface area contributed by atoms with E-state index in [9.17, 15) is 4.79 Å². The van der Waals surface area contributed by atoms with Crippen molar-refractivity contribution in [2.24, 2.45) is 4.99 Å². The molecule has 0 unspecified atom stereocenters. The maximum absolute atomic E-state index is 12.6. The summed E-state index contributed by atoms with van der Waals surface area (Å²) < 4.78 is 11.3. The molecule has 0 aliphatic carbocycles. The number of ether oxygens (including phenoxy) is 2. The second kappa shape index (κ2) is 9.22. The number of amides is 1. The van der Waals surface area contributed by atoms with Gasteiger partial charge in [-0.3, -0.25) is 9.69 Å². The Hall–Kier alpha value is -3.03. The monoisotopic (exact) mass is 447 g/mol. The Kier molecular flexibility index (Phi) is 6.01. The van der Waals surface area contributed by atoms with Crippen LogP contribution in [0.1, 0.15) is 11.1 Å². The summed E-state index contributed by atoms with van der Waals surface area (Å²) in [5, 5.41) is 0.806. The molecule has 1 fully saturated rings. The van der Waals surface area contributed by atoms with Gasteiger partial charge in [0, 0.05) is 38.3 Å². The summed E-state index contributed by atoms with van der Waals surface area (Å²) >= 11 is 1.46. The Bertz CT molecular complexity index is 1100. The minimum atomic E-state index is -0.172. The molecule has 1 amide bonds. The van der Waals surface area contributed by atoms with Crippen LogP contribution in [0.5, 0.6) is 11.5 Å². The lowest BCUT2D eigenvalue weighted by atomic mass is 10.1. The van der Waals surface area contributed by atoms with E-state index in [1.165, 1.54) is 17.3 Å². The van der Waals surface area contributed by atoms with Crippen LogP contribution in [0.2, 0.25) is 0 Å². The van der Waals surface area contributed by atoms with Gasteiger partial charge in [0.25, 0.3) is 5.91 Å². The number of amidine groups is 1. The summed E-state index contributed by atoms with van der Waals surface area (Å²) in [6, 6.07) is 16.3. The summed E-state index contributed by atoms with van der Waals surface area (Å²) in [6.07, 6.45) is 3.94. The molecule has 2 aromatic rings. The quantitative estimate of drug-likeness (QED) is 0.665. The summed E-state index contributed by atoms with van der Waals surface area (Å²) in [5.41, 5.74) is 3.23. The summed E-state index contributed by atoms with van der Waals surface area (Å²) in [7, 11) is 1.63. The predicted molar refractivity (Wildman–Crippen MR) is 128 cm³/mol. The van der Waals surface area contributed by atoms with Crippen LogP contribution in [0.15, 0.2) is 70.1 Å². The first kappa shape index (κ1) is 20.8. The first-order valence-corrected chi connectivity index (χ1v) is 11.6. The van der Waals surface area contributed by atoms with E-state index in [4.69, 9.17) is 9.47 Å². The molecule has 3 aliphatic rings.